The highest BCUT2D eigenvalue weighted by atomic mass is 16.6. The van der Waals surface area contributed by atoms with Crippen molar-refractivity contribution in [1.82, 2.24) is 5.16 Å². The number of aromatic nitrogens is 1. The number of carbonyl (C=O) groups is 2. The van der Waals surface area contributed by atoms with E-state index in [1.165, 1.54) is 7.11 Å². The van der Waals surface area contributed by atoms with Gasteiger partial charge in [0, 0.05) is 5.92 Å². The summed E-state index contributed by atoms with van der Waals surface area (Å²) in [6, 6.07) is 15.9. The van der Waals surface area contributed by atoms with Gasteiger partial charge < -0.3 is 23.8 Å². The molecule has 1 aliphatic rings. The summed E-state index contributed by atoms with van der Waals surface area (Å²) in [6.07, 6.45) is -0.822. The Hall–Kier alpha value is -3.85. The van der Waals surface area contributed by atoms with Gasteiger partial charge in [0.1, 0.15) is 13.2 Å². The molecule has 0 saturated heterocycles. The quantitative estimate of drug-likeness (QED) is 0.555. The van der Waals surface area contributed by atoms with Gasteiger partial charge in [-0.05, 0) is 27.4 Å². The lowest BCUT2D eigenvalue weighted by atomic mass is 9.98. The Kier molecular flexibility index (Phi) is 5.85. The Morgan fingerprint density at radius 1 is 1.10 bits per heavy atom. The highest BCUT2D eigenvalue weighted by Gasteiger charge is 2.30. The van der Waals surface area contributed by atoms with Crippen LogP contribution in [0.4, 0.5) is 10.7 Å². The number of methoxy groups -OCH3 is 1. The molecule has 0 atom stereocenters. The molecule has 0 unspecified atom stereocenters. The summed E-state index contributed by atoms with van der Waals surface area (Å²) in [7, 11) is 1.17. The smallest absolute Gasteiger partial charge is 0.414 e. The molecule has 9 nitrogen and oxygen atoms in total. The molecule has 2 aromatic carbocycles. The molecule has 160 valence electrons. The number of fused-ring (bicyclic) bond motifs is 3. The van der Waals surface area contributed by atoms with Gasteiger partial charge in [-0.3, -0.25) is 5.32 Å². The van der Waals surface area contributed by atoms with Crippen molar-refractivity contribution in [3.05, 3.63) is 65.2 Å². The number of hydrogen-bond donors (Lipinski definition) is 2. The number of anilines is 1. The summed E-state index contributed by atoms with van der Waals surface area (Å²) < 4.78 is 20.3. The van der Waals surface area contributed by atoms with Gasteiger partial charge in [-0.1, -0.05) is 48.5 Å². The number of aliphatic hydroxyl groups excluding tert-OH is 1. The number of nitrogens with one attached hydrogen (secondary N) is 1. The summed E-state index contributed by atoms with van der Waals surface area (Å²) in [4.78, 5) is 24.5. The van der Waals surface area contributed by atoms with Crippen molar-refractivity contribution in [2.75, 3.05) is 32.2 Å². The largest absolute Gasteiger partial charge is 0.472 e. The van der Waals surface area contributed by atoms with E-state index in [4.69, 9.17) is 19.1 Å². The standard InChI is InChI=1S/C22H20N2O7/c1-28-21(26)18-19(31-24-20(18)29-11-10-25)23-22(27)30-12-17-15-8-4-2-6-13(15)14-7-3-5-9-16(14)17/h2-9,17,25H,10-12H2,1H3,(H,23,27). The third-order valence-electron chi connectivity index (χ3n) is 4.94. The van der Waals surface area contributed by atoms with Crippen LogP contribution in [-0.4, -0.2) is 49.3 Å². The molecule has 31 heavy (non-hydrogen) atoms. The van der Waals surface area contributed by atoms with Crippen molar-refractivity contribution in [1.29, 1.82) is 0 Å². The van der Waals surface area contributed by atoms with Gasteiger partial charge >= 0.3 is 12.1 Å². The van der Waals surface area contributed by atoms with E-state index >= 15 is 0 Å². The summed E-state index contributed by atoms with van der Waals surface area (Å²) >= 11 is 0. The fraction of sp³-hybridized carbons (Fsp3) is 0.227. The molecule has 0 bridgehead atoms. The lowest BCUT2D eigenvalue weighted by molar-refractivity contribution is 0.0595. The van der Waals surface area contributed by atoms with Crippen LogP contribution in [0.2, 0.25) is 0 Å². The van der Waals surface area contributed by atoms with Gasteiger partial charge in [-0.25, -0.2) is 9.59 Å². The minimum Gasteiger partial charge on any atom is -0.472 e. The van der Waals surface area contributed by atoms with Gasteiger partial charge in [-0.15, -0.1) is 0 Å². The highest BCUT2D eigenvalue weighted by Crippen LogP contribution is 2.44. The van der Waals surface area contributed by atoms with Crippen LogP contribution < -0.4 is 10.1 Å². The zero-order valence-corrected chi connectivity index (χ0v) is 16.7. The van der Waals surface area contributed by atoms with E-state index in [0.717, 1.165) is 22.3 Å². The first-order valence-electron chi connectivity index (χ1n) is 9.57. The number of nitrogens with zero attached hydrogens (tertiary/aromatic N) is 1. The highest BCUT2D eigenvalue weighted by molar-refractivity contribution is 6.00. The second-order valence-corrected chi connectivity index (χ2v) is 6.71. The van der Waals surface area contributed by atoms with Crippen LogP contribution in [0.3, 0.4) is 0 Å². The first kappa shape index (κ1) is 20.4. The Morgan fingerprint density at radius 2 is 1.74 bits per heavy atom. The Balaban J connectivity index is 1.48. The molecule has 3 aromatic rings. The Labute approximate surface area is 177 Å². The lowest BCUT2D eigenvalue weighted by Crippen LogP contribution is -2.19. The molecule has 1 heterocycles. The number of aliphatic hydroxyl groups is 1. The van der Waals surface area contributed by atoms with Crippen molar-refractivity contribution in [3.8, 4) is 17.0 Å². The number of rotatable bonds is 7. The number of carbonyl (C=O) groups excluding carboxylic acids is 2. The average Bonchev–Trinajstić information content (AvgIpc) is 3.34. The van der Waals surface area contributed by atoms with Crippen molar-refractivity contribution in [3.63, 3.8) is 0 Å². The van der Waals surface area contributed by atoms with E-state index in [9.17, 15) is 9.59 Å². The summed E-state index contributed by atoms with van der Waals surface area (Å²) in [6.45, 7) is -0.307. The van der Waals surface area contributed by atoms with Crippen molar-refractivity contribution in [2.24, 2.45) is 0 Å². The topological polar surface area (TPSA) is 120 Å². The molecule has 1 amide bonds. The molecule has 2 N–H and O–H groups in total. The average molecular weight is 424 g/mol. The van der Waals surface area contributed by atoms with Crippen LogP contribution in [0.5, 0.6) is 5.88 Å². The predicted molar refractivity (Wildman–Crippen MR) is 109 cm³/mol. The molecule has 0 saturated carbocycles. The van der Waals surface area contributed by atoms with E-state index in [1.807, 2.05) is 48.5 Å². The zero-order valence-electron chi connectivity index (χ0n) is 16.7. The third-order valence-corrected chi connectivity index (χ3v) is 4.94. The number of hydrogen-bond acceptors (Lipinski definition) is 8. The molecule has 4 rings (SSSR count). The molecule has 1 aliphatic carbocycles. The summed E-state index contributed by atoms with van der Waals surface area (Å²) in [5.41, 5.74) is 4.17. The van der Waals surface area contributed by atoms with Gasteiger partial charge in [-0.2, -0.15) is 0 Å². The third kappa shape index (κ3) is 3.95. The van der Waals surface area contributed by atoms with Gasteiger partial charge in [0.05, 0.1) is 13.7 Å². The summed E-state index contributed by atoms with van der Waals surface area (Å²) in [5, 5.41) is 14.8. The lowest BCUT2D eigenvalue weighted by Gasteiger charge is -2.14. The van der Waals surface area contributed by atoms with Crippen LogP contribution in [0.25, 0.3) is 11.1 Å². The maximum Gasteiger partial charge on any atom is 0.414 e. The fourth-order valence-corrected chi connectivity index (χ4v) is 3.61. The van der Waals surface area contributed by atoms with Crippen LogP contribution in [0.1, 0.15) is 27.4 Å². The minimum absolute atomic E-state index is 0.0927. The predicted octanol–water partition coefficient (Wildman–Crippen LogP) is 3.19. The van der Waals surface area contributed by atoms with Crippen molar-refractivity contribution >= 4 is 17.9 Å². The van der Waals surface area contributed by atoms with Crippen LogP contribution in [-0.2, 0) is 9.47 Å². The number of ether oxygens (including phenoxy) is 3. The van der Waals surface area contributed by atoms with Gasteiger partial charge in [0.15, 0.2) is 5.56 Å². The molecule has 0 radical (unpaired) electrons. The van der Waals surface area contributed by atoms with E-state index in [-0.39, 0.29) is 43.1 Å². The number of esters is 1. The van der Waals surface area contributed by atoms with Gasteiger partial charge in [0.2, 0.25) is 0 Å². The maximum atomic E-state index is 12.4. The van der Waals surface area contributed by atoms with Crippen LogP contribution >= 0.6 is 0 Å². The molecular weight excluding hydrogens is 404 g/mol. The van der Waals surface area contributed by atoms with Crippen LogP contribution in [0, 0.1) is 0 Å². The first-order chi connectivity index (χ1) is 15.1. The monoisotopic (exact) mass is 424 g/mol. The molecule has 0 aliphatic heterocycles. The SMILES string of the molecule is COC(=O)c1c(OCCO)noc1NC(=O)OCC1c2ccccc2-c2ccccc21. The Morgan fingerprint density at radius 3 is 2.35 bits per heavy atom. The second-order valence-electron chi connectivity index (χ2n) is 6.71. The van der Waals surface area contributed by atoms with Crippen molar-refractivity contribution < 1.29 is 33.4 Å². The van der Waals surface area contributed by atoms with E-state index in [0.29, 0.717) is 0 Å². The fourth-order valence-electron chi connectivity index (χ4n) is 3.61. The zero-order chi connectivity index (χ0) is 21.8. The molecular formula is C22H20N2O7. The number of amides is 1. The molecule has 1 aromatic heterocycles. The Bertz CT molecular complexity index is 1060. The minimum atomic E-state index is -0.822. The van der Waals surface area contributed by atoms with E-state index in [2.05, 4.69) is 15.2 Å². The molecule has 0 spiro atoms. The van der Waals surface area contributed by atoms with Gasteiger partial charge in [0.25, 0.3) is 11.8 Å². The second kappa shape index (κ2) is 8.88. The van der Waals surface area contributed by atoms with E-state index < -0.39 is 12.1 Å². The van der Waals surface area contributed by atoms with Crippen LogP contribution in [0.15, 0.2) is 53.1 Å². The molecule has 9 heteroatoms. The maximum absolute atomic E-state index is 12.4. The number of benzene rings is 2. The summed E-state index contributed by atoms with van der Waals surface area (Å²) in [5.74, 6) is -1.40. The van der Waals surface area contributed by atoms with E-state index in [1.54, 1.807) is 0 Å². The normalized spacial score (nSPS) is 12.1. The molecule has 0 fully saturated rings. The first-order valence-corrected chi connectivity index (χ1v) is 9.57. The van der Waals surface area contributed by atoms with Crippen molar-refractivity contribution in [2.45, 2.75) is 5.92 Å².